The molecule has 4 rings (SSSR count). The monoisotopic (exact) mass is 508 g/mol. The van der Waals surface area contributed by atoms with Gasteiger partial charge in [-0.3, -0.25) is 14.6 Å². The van der Waals surface area contributed by atoms with E-state index in [4.69, 9.17) is 28.3 Å². The van der Waals surface area contributed by atoms with Gasteiger partial charge in [-0.05, 0) is 49.2 Å². The fourth-order valence-corrected chi connectivity index (χ4v) is 4.09. The molecule has 2 aromatic carbocycles. The number of amides is 1. The third-order valence-corrected chi connectivity index (χ3v) is 5.92. The molecule has 0 saturated heterocycles. The van der Waals surface area contributed by atoms with Gasteiger partial charge in [0.25, 0.3) is 5.91 Å². The zero-order chi connectivity index (χ0) is 24.8. The minimum absolute atomic E-state index is 0.0232. The van der Waals surface area contributed by atoms with Gasteiger partial charge in [-0.2, -0.15) is 5.10 Å². The van der Waals surface area contributed by atoms with E-state index in [0.717, 1.165) is 0 Å². The summed E-state index contributed by atoms with van der Waals surface area (Å²) >= 11 is 12.7. The number of hydrogen-bond donors (Lipinski definition) is 2. The van der Waals surface area contributed by atoms with Gasteiger partial charge in [0.1, 0.15) is 11.5 Å². The van der Waals surface area contributed by atoms with E-state index in [1.54, 1.807) is 24.4 Å². The zero-order valence-electron chi connectivity index (χ0n) is 18.6. The number of halogens is 2. The van der Waals surface area contributed by atoms with Gasteiger partial charge in [0.2, 0.25) is 0 Å². The van der Waals surface area contributed by atoms with Crippen LogP contribution in [0.15, 0.2) is 72.9 Å². The van der Waals surface area contributed by atoms with Crippen molar-refractivity contribution in [2.75, 3.05) is 11.9 Å². The Hall–Kier alpha value is -3.52. The number of aliphatic hydroxyl groups excluding tert-OH is 1. The van der Waals surface area contributed by atoms with Crippen molar-refractivity contribution in [3.8, 4) is 16.9 Å². The molecule has 0 spiro atoms. The zero-order valence-corrected chi connectivity index (χ0v) is 20.1. The van der Waals surface area contributed by atoms with Gasteiger partial charge in [0.15, 0.2) is 5.78 Å². The molecule has 0 bridgehead atoms. The normalized spacial score (nSPS) is 10.8. The number of hydrogen-bond acceptors (Lipinski definition) is 5. The molecule has 0 saturated carbocycles. The summed E-state index contributed by atoms with van der Waals surface area (Å²) in [6.45, 7) is 0.0232. The molecule has 35 heavy (non-hydrogen) atoms. The lowest BCUT2D eigenvalue weighted by Crippen LogP contribution is -2.16. The largest absolute Gasteiger partial charge is 0.396 e. The number of benzene rings is 2. The molecule has 0 aliphatic carbocycles. The maximum atomic E-state index is 13.3. The fraction of sp³-hybridized carbons (Fsp3) is 0.154. The number of carbonyl (C=O) groups is 2. The molecule has 0 radical (unpaired) electrons. The molecule has 178 valence electrons. The van der Waals surface area contributed by atoms with E-state index in [0.29, 0.717) is 40.6 Å². The van der Waals surface area contributed by atoms with E-state index in [1.807, 2.05) is 36.4 Å². The third kappa shape index (κ3) is 5.77. The highest BCUT2D eigenvalue weighted by Crippen LogP contribution is 2.32. The number of rotatable bonds is 9. The quantitative estimate of drug-likeness (QED) is 0.218. The Balaban J connectivity index is 1.68. The summed E-state index contributed by atoms with van der Waals surface area (Å²) in [7, 11) is 0. The van der Waals surface area contributed by atoms with Crippen LogP contribution in [0.2, 0.25) is 10.0 Å². The van der Waals surface area contributed by atoms with E-state index in [1.165, 1.54) is 16.8 Å². The fourth-order valence-electron chi connectivity index (χ4n) is 3.52. The molecule has 2 N–H and O–H groups in total. The smallest absolute Gasteiger partial charge is 0.258 e. The van der Waals surface area contributed by atoms with Gasteiger partial charge in [-0.15, -0.1) is 0 Å². The van der Waals surface area contributed by atoms with Crippen molar-refractivity contribution in [3.05, 3.63) is 94.2 Å². The number of carbonyl (C=O) groups excluding carboxylic acids is 2. The average molecular weight is 509 g/mol. The minimum Gasteiger partial charge on any atom is -0.396 e. The molecular formula is C26H22Cl2N4O3. The molecule has 0 atom stereocenters. The van der Waals surface area contributed by atoms with E-state index in [9.17, 15) is 9.59 Å². The topological polar surface area (TPSA) is 97.1 Å². The van der Waals surface area contributed by atoms with Crippen LogP contribution in [0.3, 0.4) is 0 Å². The van der Waals surface area contributed by atoms with Gasteiger partial charge < -0.3 is 10.4 Å². The first-order valence-corrected chi connectivity index (χ1v) is 11.7. The van der Waals surface area contributed by atoms with Gasteiger partial charge in [0, 0.05) is 30.9 Å². The molecule has 2 heterocycles. The van der Waals surface area contributed by atoms with Gasteiger partial charge in [-0.25, -0.2) is 4.68 Å². The van der Waals surface area contributed by atoms with Gasteiger partial charge in [-0.1, -0.05) is 47.5 Å². The van der Waals surface area contributed by atoms with Crippen molar-refractivity contribution >= 4 is 40.7 Å². The summed E-state index contributed by atoms with van der Waals surface area (Å²) in [6.07, 6.45) is 2.96. The number of Topliss-reactive ketones (excluding diaryl/α,β-unsaturated/α-hetero) is 1. The summed E-state index contributed by atoms with van der Waals surface area (Å²) in [5.74, 6) is -0.345. The highest BCUT2D eigenvalue weighted by atomic mass is 35.5. The van der Waals surface area contributed by atoms with Crippen molar-refractivity contribution in [2.24, 2.45) is 0 Å². The summed E-state index contributed by atoms with van der Waals surface area (Å²) in [4.78, 5) is 30.2. The molecule has 1 amide bonds. The average Bonchev–Trinajstić information content (AvgIpc) is 3.29. The first-order chi connectivity index (χ1) is 17.0. The highest BCUT2D eigenvalue weighted by Gasteiger charge is 2.20. The predicted molar refractivity (Wildman–Crippen MR) is 136 cm³/mol. The van der Waals surface area contributed by atoms with Crippen molar-refractivity contribution < 1.29 is 14.7 Å². The van der Waals surface area contributed by atoms with Crippen molar-refractivity contribution in [1.82, 2.24) is 14.8 Å². The second-order valence-corrected chi connectivity index (χ2v) is 8.56. The number of para-hydroxylation sites is 1. The van der Waals surface area contributed by atoms with E-state index in [-0.39, 0.29) is 35.1 Å². The maximum absolute atomic E-state index is 13.3. The molecule has 0 aliphatic heterocycles. The first kappa shape index (κ1) is 24.6. The number of aliphatic hydroxyl groups is 1. The number of anilines is 1. The number of aromatic nitrogens is 3. The van der Waals surface area contributed by atoms with Gasteiger partial charge in [0.05, 0.1) is 27.0 Å². The Morgan fingerprint density at radius 3 is 2.43 bits per heavy atom. The second kappa shape index (κ2) is 11.3. The summed E-state index contributed by atoms with van der Waals surface area (Å²) < 4.78 is 1.50. The molecule has 0 unspecified atom stereocenters. The van der Waals surface area contributed by atoms with Crippen LogP contribution in [0.4, 0.5) is 5.82 Å². The Labute approximate surface area is 212 Å². The SMILES string of the molecule is O=C(CCCCO)c1cc(NC(=O)c2cc(-c3ccccn3)c(Cl)cc2Cl)n(-c2ccccc2)n1. The molecule has 2 aromatic heterocycles. The van der Waals surface area contributed by atoms with Crippen LogP contribution in [0.25, 0.3) is 16.9 Å². The first-order valence-electron chi connectivity index (χ1n) is 11.0. The van der Waals surface area contributed by atoms with E-state index < -0.39 is 5.91 Å². The summed E-state index contributed by atoms with van der Waals surface area (Å²) in [5, 5.41) is 16.8. The second-order valence-electron chi connectivity index (χ2n) is 7.75. The summed E-state index contributed by atoms with van der Waals surface area (Å²) in [6, 6.07) is 19.2. The number of nitrogens with zero attached hydrogens (tertiary/aromatic N) is 3. The number of unbranched alkanes of at least 4 members (excludes halogenated alkanes) is 1. The number of ketones is 1. The molecule has 4 aromatic rings. The molecule has 7 nitrogen and oxygen atoms in total. The van der Waals surface area contributed by atoms with Crippen LogP contribution in [0.1, 0.15) is 40.1 Å². The Morgan fingerprint density at radius 2 is 1.71 bits per heavy atom. The van der Waals surface area contributed by atoms with Crippen molar-refractivity contribution in [3.63, 3.8) is 0 Å². The highest BCUT2D eigenvalue weighted by molar-refractivity contribution is 6.38. The van der Waals surface area contributed by atoms with E-state index in [2.05, 4.69) is 15.4 Å². The standard InChI is InChI=1S/C26H22Cl2N4O3/c27-20-15-21(28)19(14-18(20)22-10-4-6-12-29-22)26(35)30-25-16-23(24(34)11-5-7-13-33)31-32(25)17-8-2-1-3-9-17/h1-4,6,8-10,12,14-16,33H,5,7,11,13H2,(H,30,35). The predicted octanol–water partition coefficient (Wildman–Crippen LogP) is 5.84. The molecule has 0 fully saturated rings. The van der Waals surface area contributed by atoms with Crippen LogP contribution in [0, 0.1) is 0 Å². The van der Waals surface area contributed by atoms with Crippen molar-refractivity contribution in [1.29, 1.82) is 0 Å². The summed E-state index contributed by atoms with van der Waals surface area (Å²) in [5.41, 5.74) is 2.27. The molecule has 0 aliphatic rings. The minimum atomic E-state index is -0.486. The lowest BCUT2D eigenvalue weighted by Gasteiger charge is -2.12. The Morgan fingerprint density at radius 1 is 0.943 bits per heavy atom. The van der Waals surface area contributed by atoms with Crippen molar-refractivity contribution in [2.45, 2.75) is 19.3 Å². The molecule has 9 heteroatoms. The Bertz CT molecular complexity index is 1340. The van der Waals surface area contributed by atoms with Crippen LogP contribution in [-0.4, -0.2) is 38.2 Å². The van der Waals surface area contributed by atoms with Crippen LogP contribution in [-0.2, 0) is 0 Å². The number of pyridine rings is 1. The van der Waals surface area contributed by atoms with E-state index >= 15 is 0 Å². The third-order valence-electron chi connectivity index (χ3n) is 5.29. The lowest BCUT2D eigenvalue weighted by molar-refractivity contribution is 0.0970. The van der Waals surface area contributed by atoms with Gasteiger partial charge >= 0.3 is 0 Å². The van der Waals surface area contributed by atoms with Crippen LogP contribution in [0.5, 0.6) is 0 Å². The van der Waals surface area contributed by atoms with Crippen LogP contribution < -0.4 is 5.32 Å². The maximum Gasteiger partial charge on any atom is 0.258 e. The Kier molecular flexibility index (Phi) is 7.92. The number of nitrogens with one attached hydrogen (secondary N) is 1. The molecular weight excluding hydrogens is 487 g/mol. The van der Waals surface area contributed by atoms with Crippen LogP contribution >= 0.6 is 23.2 Å². The lowest BCUT2D eigenvalue weighted by atomic mass is 10.1.